The summed E-state index contributed by atoms with van der Waals surface area (Å²) in [5.41, 5.74) is 3.71. The Morgan fingerprint density at radius 3 is 2.29 bits per heavy atom. The first-order valence-corrected chi connectivity index (χ1v) is 16.0. The molecule has 4 aromatic rings. The smallest absolute Gasteiger partial charge is 0.266 e. The van der Waals surface area contributed by atoms with E-state index in [2.05, 4.69) is 0 Å². The quantitative estimate of drug-likeness (QED) is 0.160. The van der Waals surface area contributed by atoms with Gasteiger partial charge >= 0.3 is 0 Å². The van der Waals surface area contributed by atoms with E-state index in [1.165, 1.54) is 16.1 Å². The van der Waals surface area contributed by atoms with Gasteiger partial charge in [0.25, 0.3) is 5.91 Å². The Balaban J connectivity index is 1.58. The summed E-state index contributed by atoms with van der Waals surface area (Å²) in [5, 5.41) is 4.84. The van der Waals surface area contributed by atoms with Crippen LogP contribution in [0.15, 0.2) is 101 Å². The number of carbonyl (C=O) groups excluding carboxylic acids is 1. The van der Waals surface area contributed by atoms with Crippen LogP contribution in [0, 0.1) is 0 Å². The molecule has 0 bridgehead atoms. The predicted molar refractivity (Wildman–Crippen MR) is 169 cm³/mol. The molecule has 2 heterocycles. The highest BCUT2D eigenvalue weighted by molar-refractivity contribution is 8.26. The Hall–Kier alpha value is -3.57. The number of aromatic nitrogens is 2. The number of amides is 1. The summed E-state index contributed by atoms with van der Waals surface area (Å²) in [7, 11) is -3.67. The number of hydrogen-bond donors (Lipinski definition) is 0. The number of rotatable bonds is 9. The van der Waals surface area contributed by atoms with E-state index in [9.17, 15) is 13.2 Å². The molecule has 0 N–H and O–H groups in total. The van der Waals surface area contributed by atoms with Gasteiger partial charge in [0.2, 0.25) is 10.0 Å². The number of para-hydroxylation sites is 1. The van der Waals surface area contributed by atoms with E-state index >= 15 is 0 Å². The van der Waals surface area contributed by atoms with Crippen molar-refractivity contribution in [1.29, 1.82) is 0 Å². The monoisotopic (exact) mass is 602 g/mol. The van der Waals surface area contributed by atoms with Crippen LogP contribution in [0.3, 0.4) is 0 Å². The van der Waals surface area contributed by atoms with Crippen LogP contribution in [0.1, 0.15) is 37.9 Å². The molecular formula is C31H30N4O3S3. The fraction of sp³-hybridized carbons (Fsp3) is 0.194. The van der Waals surface area contributed by atoms with Gasteiger partial charge in [0.05, 0.1) is 21.5 Å². The van der Waals surface area contributed by atoms with Gasteiger partial charge in [-0.2, -0.15) is 9.40 Å². The van der Waals surface area contributed by atoms with Crippen LogP contribution < -0.4 is 0 Å². The second-order valence-corrected chi connectivity index (χ2v) is 13.1. The average Bonchev–Trinajstić information content (AvgIpc) is 3.54. The highest BCUT2D eigenvalue weighted by Gasteiger charge is 2.36. The molecular weight excluding hydrogens is 573 g/mol. The summed E-state index contributed by atoms with van der Waals surface area (Å²) in [4.78, 5) is 15.9. The largest absolute Gasteiger partial charge is 0.286 e. The van der Waals surface area contributed by atoms with Gasteiger partial charge in [0, 0.05) is 30.4 Å². The van der Waals surface area contributed by atoms with E-state index in [4.69, 9.17) is 17.3 Å². The standard InChI is InChI=1S/C31H30N4O3S3/c1-4-33(5-2)41(37,38)27-18-12-15-24(19-27)29-25(21-34(32-29)26-16-10-7-11-17-26)20-28-30(36)35(31(39)40-28)22(3)23-13-8-6-9-14-23/h6-22H,4-5H2,1-3H3/b28-20-. The van der Waals surface area contributed by atoms with Crippen molar-refractivity contribution < 1.29 is 13.2 Å². The van der Waals surface area contributed by atoms with Crippen LogP contribution >= 0.6 is 24.0 Å². The molecule has 7 nitrogen and oxygen atoms in total. The molecule has 1 aliphatic rings. The fourth-order valence-corrected chi connectivity index (χ4v) is 7.70. The summed E-state index contributed by atoms with van der Waals surface area (Å²) < 4.78 is 30.2. The van der Waals surface area contributed by atoms with Crippen molar-refractivity contribution in [2.75, 3.05) is 13.1 Å². The lowest BCUT2D eigenvalue weighted by molar-refractivity contribution is -0.123. The minimum atomic E-state index is -3.67. The number of thiocarbonyl (C=S) groups is 1. The lowest BCUT2D eigenvalue weighted by Gasteiger charge is -2.23. The van der Waals surface area contributed by atoms with Gasteiger partial charge < -0.3 is 0 Å². The van der Waals surface area contributed by atoms with Gasteiger partial charge in [-0.25, -0.2) is 13.1 Å². The van der Waals surface area contributed by atoms with Gasteiger partial charge in [0.15, 0.2) is 0 Å². The van der Waals surface area contributed by atoms with Crippen LogP contribution in [0.25, 0.3) is 23.0 Å². The number of carbonyl (C=O) groups is 1. The third-order valence-electron chi connectivity index (χ3n) is 6.99. The maximum Gasteiger partial charge on any atom is 0.266 e. The van der Waals surface area contributed by atoms with E-state index in [1.54, 1.807) is 33.9 Å². The Kier molecular flexibility index (Phi) is 8.55. The van der Waals surface area contributed by atoms with Crippen LogP contribution in [-0.2, 0) is 14.8 Å². The molecule has 0 saturated carbocycles. The average molecular weight is 603 g/mol. The van der Waals surface area contributed by atoms with Crippen molar-refractivity contribution in [2.45, 2.75) is 31.7 Å². The molecule has 1 fully saturated rings. The maximum atomic E-state index is 13.6. The Labute approximate surface area is 250 Å². The highest BCUT2D eigenvalue weighted by Crippen LogP contribution is 2.39. The van der Waals surface area contributed by atoms with Crippen molar-refractivity contribution in [1.82, 2.24) is 19.0 Å². The van der Waals surface area contributed by atoms with Crippen molar-refractivity contribution in [3.63, 3.8) is 0 Å². The van der Waals surface area contributed by atoms with Gasteiger partial charge in [-0.3, -0.25) is 9.69 Å². The number of hydrogen-bond acceptors (Lipinski definition) is 6. The Bertz CT molecular complexity index is 1710. The van der Waals surface area contributed by atoms with Gasteiger partial charge in [-0.1, -0.05) is 98.5 Å². The van der Waals surface area contributed by atoms with Crippen LogP contribution in [0.2, 0.25) is 0 Å². The number of benzene rings is 3. The summed E-state index contributed by atoms with van der Waals surface area (Å²) in [6.45, 7) is 6.35. The molecule has 0 spiro atoms. The van der Waals surface area contributed by atoms with Crippen molar-refractivity contribution in [3.05, 3.63) is 107 Å². The lowest BCUT2D eigenvalue weighted by atomic mass is 10.1. The zero-order valence-corrected chi connectivity index (χ0v) is 25.4. The third kappa shape index (κ3) is 5.78. The van der Waals surface area contributed by atoms with E-state index < -0.39 is 10.0 Å². The molecule has 0 aliphatic carbocycles. The topological polar surface area (TPSA) is 75.5 Å². The normalized spacial score (nSPS) is 15.7. The molecule has 1 unspecified atom stereocenters. The van der Waals surface area contributed by atoms with E-state index in [0.29, 0.717) is 39.1 Å². The third-order valence-corrected chi connectivity index (χ3v) is 10.4. The first-order chi connectivity index (χ1) is 19.7. The van der Waals surface area contributed by atoms with Gasteiger partial charge in [-0.15, -0.1) is 0 Å². The van der Waals surface area contributed by atoms with E-state index in [1.807, 2.05) is 93.7 Å². The molecule has 5 rings (SSSR count). The first-order valence-electron chi connectivity index (χ1n) is 13.3. The minimum Gasteiger partial charge on any atom is -0.286 e. The number of sulfonamides is 1. The van der Waals surface area contributed by atoms with Crippen LogP contribution in [-0.4, -0.2) is 50.7 Å². The zero-order valence-electron chi connectivity index (χ0n) is 23.0. The SMILES string of the molecule is CCN(CC)S(=O)(=O)c1cccc(-c2nn(-c3ccccc3)cc2/C=C2\SC(=S)N(C(C)c3ccccc3)C2=O)c1. The van der Waals surface area contributed by atoms with Crippen LogP contribution in [0.4, 0.5) is 0 Å². The minimum absolute atomic E-state index is 0.173. The highest BCUT2D eigenvalue weighted by atomic mass is 32.2. The number of nitrogens with zero attached hydrogens (tertiary/aromatic N) is 4. The molecule has 41 heavy (non-hydrogen) atoms. The zero-order chi connectivity index (χ0) is 29.1. The molecule has 1 aliphatic heterocycles. The predicted octanol–water partition coefficient (Wildman–Crippen LogP) is 6.53. The van der Waals surface area contributed by atoms with Crippen LogP contribution in [0.5, 0.6) is 0 Å². The fourth-order valence-electron chi connectivity index (χ4n) is 4.78. The molecule has 3 aromatic carbocycles. The molecule has 210 valence electrons. The van der Waals surface area contributed by atoms with Crippen molar-refractivity contribution in [3.8, 4) is 16.9 Å². The number of thioether (sulfide) groups is 1. The molecule has 1 atom stereocenters. The molecule has 0 radical (unpaired) electrons. The Morgan fingerprint density at radius 2 is 1.63 bits per heavy atom. The van der Waals surface area contributed by atoms with Crippen molar-refractivity contribution in [2.24, 2.45) is 0 Å². The summed E-state index contributed by atoms with van der Waals surface area (Å²) in [5.74, 6) is -0.173. The van der Waals surface area contributed by atoms with Gasteiger partial charge in [-0.05, 0) is 42.8 Å². The van der Waals surface area contributed by atoms with E-state index in [0.717, 1.165) is 11.3 Å². The second kappa shape index (κ2) is 12.1. The van der Waals surface area contributed by atoms with Gasteiger partial charge in [0.1, 0.15) is 10.0 Å². The second-order valence-electron chi connectivity index (χ2n) is 9.47. The van der Waals surface area contributed by atoms with E-state index in [-0.39, 0.29) is 16.8 Å². The summed E-state index contributed by atoms with van der Waals surface area (Å²) >= 11 is 6.89. The molecule has 10 heteroatoms. The molecule has 1 saturated heterocycles. The summed E-state index contributed by atoms with van der Waals surface area (Å²) in [6.07, 6.45) is 3.65. The first kappa shape index (κ1) is 28.9. The summed E-state index contributed by atoms with van der Waals surface area (Å²) in [6, 6.07) is 26.0. The molecule has 1 aromatic heterocycles. The molecule has 1 amide bonds. The lowest BCUT2D eigenvalue weighted by Crippen LogP contribution is -2.30. The van der Waals surface area contributed by atoms with Crippen molar-refractivity contribution >= 4 is 50.3 Å². The Morgan fingerprint density at radius 1 is 0.976 bits per heavy atom. The maximum absolute atomic E-state index is 13.6.